The highest BCUT2D eigenvalue weighted by molar-refractivity contribution is 6.01. The molecule has 0 aliphatic heterocycles. The number of benzene rings is 2. The first kappa shape index (κ1) is 15.6. The van der Waals surface area contributed by atoms with Gasteiger partial charge in [-0.3, -0.25) is 9.79 Å². The molecule has 2 N–H and O–H groups in total. The first-order valence-electron chi connectivity index (χ1n) is 6.39. The van der Waals surface area contributed by atoms with Crippen molar-refractivity contribution < 1.29 is 18.3 Å². The standard InChI is InChI=1S/C16H14F2N2O2/c1-8-13(7-6-12(20-3)14(8)9(2)21)22-16-10(17)4-5-11(19)15(16)18/h4-7H,3,19H2,1-2H3. The Labute approximate surface area is 126 Å². The van der Waals surface area contributed by atoms with E-state index in [2.05, 4.69) is 11.7 Å². The lowest BCUT2D eigenvalue weighted by Gasteiger charge is -2.14. The number of anilines is 1. The van der Waals surface area contributed by atoms with Gasteiger partial charge in [-0.1, -0.05) is 0 Å². The molecule has 114 valence electrons. The molecular formula is C16H14F2N2O2. The molecule has 0 radical (unpaired) electrons. The number of nitrogens with two attached hydrogens (primary N) is 1. The van der Waals surface area contributed by atoms with E-state index in [0.717, 1.165) is 12.1 Å². The van der Waals surface area contributed by atoms with Gasteiger partial charge in [-0.2, -0.15) is 0 Å². The summed E-state index contributed by atoms with van der Waals surface area (Å²) >= 11 is 0. The van der Waals surface area contributed by atoms with Crippen LogP contribution in [0.3, 0.4) is 0 Å². The van der Waals surface area contributed by atoms with Crippen LogP contribution in [0, 0.1) is 18.6 Å². The van der Waals surface area contributed by atoms with Gasteiger partial charge < -0.3 is 10.5 Å². The number of nitrogens with zero attached hydrogens (tertiary/aromatic N) is 1. The van der Waals surface area contributed by atoms with Gasteiger partial charge in [0.2, 0.25) is 5.75 Å². The summed E-state index contributed by atoms with van der Waals surface area (Å²) in [5.41, 5.74) is 6.26. The molecule has 0 saturated heterocycles. The Morgan fingerprint density at radius 1 is 1.27 bits per heavy atom. The van der Waals surface area contributed by atoms with Crippen molar-refractivity contribution in [2.75, 3.05) is 5.73 Å². The molecule has 0 fully saturated rings. The summed E-state index contributed by atoms with van der Waals surface area (Å²) in [7, 11) is 0. The number of ketones is 1. The molecule has 0 amide bonds. The van der Waals surface area contributed by atoms with Crippen LogP contribution in [-0.4, -0.2) is 12.5 Å². The molecule has 22 heavy (non-hydrogen) atoms. The predicted octanol–water partition coefficient (Wildman–Crippen LogP) is 4.18. The monoisotopic (exact) mass is 304 g/mol. The Morgan fingerprint density at radius 3 is 2.55 bits per heavy atom. The minimum Gasteiger partial charge on any atom is -0.451 e. The maximum absolute atomic E-state index is 13.9. The van der Waals surface area contributed by atoms with E-state index in [1.165, 1.54) is 19.1 Å². The van der Waals surface area contributed by atoms with Crippen LogP contribution >= 0.6 is 0 Å². The molecule has 0 heterocycles. The van der Waals surface area contributed by atoms with Crippen molar-refractivity contribution in [3.63, 3.8) is 0 Å². The van der Waals surface area contributed by atoms with Crippen LogP contribution in [0.1, 0.15) is 22.8 Å². The summed E-state index contributed by atoms with van der Waals surface area (Å²) in [4.78, 5) is 15.5. The number of hydrogen-bond donors (Lipinski definition) is 1. The minimum absolute atomic E-state index is 0.140. The summed E-state index contributed by atoms with van der Waals surface area (Å²) in [5, 5.41) is 0. The van der Waals surface area contributed by atoms with E-state index < -0.39 is 17.4 Å². The van der Waals surface area contributed by atoms with Gasteiger partial charge in [-0.05, 0) is 44.8 Å². The second-order valence-corrected chi connectivity index (χ2v) is 4.68. The summed E-state index contributed by atoms with van der Waals surface area (Å²) in [6.07, 6.45) is 0. The SMILES string of the molecule is C=Nc1ccc(Oc2c(F)ccc(N)c2F)c(C)c1C(C)=O. The average molecular weight is 304 g/mol. The number of nitrogen functional groups attached to an aromatic ring is 1. The van der Waals surface area contributed by atoms with E-state index in [4.69, 9.17) is 10.5 Å². The maximum atomic E-state index is 13.9. The second-order valence-electron chi connectivity index (χ2n) is 4.68. The van der Waals surface area contributed by atoms with Crippen molar-refractivity contribution in [2.24, 2.45) is 4.99 Å². The van der Waals surface area contributed by atoms with Gasteiger partial charge in [0, 0.05) is 11.1 Å². The lowest BCUT2D eigenvalue weighted by Crippen LogP contribution is -2.02. The Morgan fingerprint density at radius 2 is 1.95 bits per heavy atom. The van der Waals surface area contributed by atoms with Gasteiger partial charge in [0.05, 0.1) is 11.4 Å². The lowest BCUT2D eigenvalue weighted by atomic mass is 10.0. The van der Waals surface area contributed by atoms with Gasteiger partial charge in [0.15, 0.2) is 17.4 Å². The van der Waals surface area contributed by atoms with Crippen molar-refractivity contribution in [3.8, 4) is 11.5 Å². The van der Waals surface area contributed by atoms with Crippen LogP contribution in [0.15, 0.2) is 29.3 Å². The number of aliphatic imine (C=N–C) groups is 1. The highest BCUT2D eigenvalue weighted by Gasteiger charge is 2.19. The van der Waals surface area contributed by atoms with Crippen LogP contribution < -0.4 is 10.5 Å². The third-order valence-corrected chi connectivity index (χ3v) is 3.21. The molecule has 0 aliphatic rings. The van der Waals surface area contributed by atoms with Crippen LogP contribution in [0.2, 0.25) is 0 Å². The third-order valence-electron chi connectivity index (χ3n) is 3.21. The highest BCUT2D eigenvalue weighted by Crippen LogP contribution is 2.36. The molecule has 0 spiro atoms. The number of Topliss-reactive ketones (excluding diaryl/α,β-unsaturated/α-hetero) is 1. The van der Waals surface area contributed by atoms with Gasteiger partial charge in [-0.25, -0.2) is 8.78 Å². The minimum atomic E-state index is -0.991. The molecule has 0 unspecified atom stereocenters. The quantitative estimate of drug-likeness (QED) is 0.523. The predicted molar refractivity (Wildman–Crippen MR) is 81.2 cm³/mol. The van der Waals surface area contributed by atoms with Crippen LogP contribution in [-0.2, 0) is 0 Å². The highest BCUT2D eigenvalue weighted by atomic mass is 19.1. The summed E-state index contributed by atoms with van der Waals surface area (Å²) in [6, 6.07) is 5.08. The van der Waals surface area contributed by atoms with Gasteiger partial charge >= 0.3 is 0 Å². The largest absolute Gasteiger partial charge is 0.451 e. The average Bonchev–Trinajstić information content (AvgIpc) is 2.48. The van der Waals surface area contributed by atoms with Crippen molar-refractivity contribution in [3.05, 3.63) is 47.0 Å². The van der Waals surface area contributed by atoms with Crippen LogP contribution in [0.5, 0.6) is 11.5 Å². The smallest absolute Gasteiger partial charge is 0.200 e. The molecule has 0 bridgehead atoms. The normalized spacial score (nSPS) is 10.4. The fourth-order valence-electron chi connectivity index (χ4n) is 2.12. The van der Waals surface area contributed by atoms with Crippen LogP contribution in [0.4, 0.5) is 20.2 Å². The zero-order chi connectivity index (χ0) is 16.4. The van der Waals surface area contributed by atoms with Crippen molar-refractivity contribution in [1.82, 2.24) is 0 Å². The zero-order valence-corrected chi connectivity index (χ0v) is 12.1. The summed E-state index contributed by atoms with van der Waals surface area (Å²) in [6.45, 7) is 6.35. The molecule has 0 saturated carbocycles. The topological polar surface area (TPSA) is 64.7 Å². The summed E-state index contributed by atoms with van der Waals surface area (Å²) in [5.74, 6) is -2.60. The van der Waals surface area contributed by atoms with E-state index in [1.807, 2.05) is 0 Å². The number of hydrogen-bond acceptors (Lipinski definition) is 4. The van der Waals surface area contributed by atoms with Crippen molar-refractivity contribution in [1.29, 1.82) is 0 Å². The van der Waals surface area contributed by atoms with E-state index in [9.17, 15) is 13.6 Å². The molecule has 2 aromatic rings. The maximum Gasteiger partial charge on any atom is 0.200 e. The van der Waals surface area contributed by atoms with E-state index in [-0.39, 0.29) is 22.8 Å². The molecule has 0 aliphatic carbocycles. The molecule has 2 rings (SSSR count). The van der Waals surface area contributed by atoms with Gasteiger partial charge in [0.1, 0.15) is 5.75 Å². The first-order valence-corrected chi connectivity index (χ1v) is 6.39. The fraction of sp³-hybridized carbons (Fsp3) is 0.125. The van der Waals surface area contributed by atoms with E-state index in [1.54, 1.807) is 6.92 Å². The number of carbonyl (C=O) groups is 1. The van der Waals surface area contributed by atoms with Crippen molar-refractivity contribution >= 4 is 23.9 Å². The Hall–Kier alpha value is -2.76. The Bertz CT molecular complexity index is 773. The molecule has 0 atom stereocenters. The zero-order valence-electron chi connectivity index (χ0n) is 12.1. The number of carbonyl (C=O) groups excluding carboxylic acids is 1. The second kappa shape index (κ2) is 5.93. The number of rotatable bonds is 4. The Kier molecular flexibility index (Phi) is 4.21. The first-order chi connectivity index (χ1) is 10.4. The van der Waals surface area contributed by atoms with E-state index in [0.29, 0.717) is 11.3 Å². The Balaban J connectivity index is 2.57. The van der Waals surface area contributed by atoms with Crippen LogP contribution in [0.25, 0.3) is 0 Å². The lowest BCUT2D eigenvalue weighted by molar-refractivity contribution is 0.101. The molecule has 4 nitrogen and oxygen atoms in total. The van der Waals surface area contributed by atoms with Gasteiger partial charge in [-0.15, -0.1) is 0 Å². The van der Waals surface area contributed by atoms with Crippen molar-refractivity contribution in [2.45, 2.75) is 13.8 Å². The summed E-state index contributed by atoms with van der Waals surface area (Å²) < 4.78 is 32.9. The number of halogens is 2. The molecular weight excluding hydrogens is 290 g/mol. The molecule has 0 aromatic heterocycles. The van der Waals surface area contributed by atoms with Gasteiger partial charge in [0.25, 0.3) is 0 Å². The molecule has 6 heteroatoms. The third kappa shape index (κ3) is 2.67. The van der Waals surface area contributed by atoms with E-state index >= 15 is 0 Å². The number of ether oxygens (including phenoxy) is 1. The molecule has 2 aromatic carbocycles. The fourth-order valence-corrected chi connectivity index (χ4v) is 2.12.